The maximum atomic E-state index is 12.5. The lowest BCUT2D eigenvalue weighted by atomic mass is 10.2. The van der Waals surface area contributed by atoms with Crippen LogP contribution in [0.25, 0.3) is 6.08 Å². The molecule has 25 heavy (non-hydrogen) atoms. The van der Waals surface area contributed by atoms with Crippen molar-refractivity contribution < 1.29 is 17.6 Å². The Hall–Kier alpha value is -2.32. The number of amidine groups is 1. The first-order chi connectivity index (χ1) is 11.9. The third kappa shape index (κ3) is 3.69. The zero-order valence-corrected chi connectivity index (χ0v) is 15.3. The van der Waals surface area contributed by atoms with E-state index in [0.29, 0.717) is 17.2 Å². The van der Waals surface area contributed by atoms with Gasteiger partial charge in [0.1, 0.15) is 5.76 Å². The fraction of sp³-hybridized carbons (Fsp3) is 0.176. The van der Waals surface area contributed by atoms with Crippen molar-refractivity contribution in [2.45, 2.75) is 18.7 Å². The molecule has 0 saturated carbocycles. The molecule has 8 heteroatoms. The molecule has 2 aromatic rings. The molecule has 0 bridgehead atoms. The number of benzene rings is 1. The third-order valence-corrected chi connectivity index (χ3v) is 5.94. The second-order valence-electron chi connectivity index (χ2n) is 5.34. The summed E-state index contributed by atoms with van der Waals surface area (Å²) in [5, 5.41) is 0.144. The van der Waals surface area contributed by atoms with Crippen LogP contribution in [0.5, 0.6) is 0 Å². The van der Waals surface area contributed by atoms with Crippen molar-refractivity contribution >= 4 is 38.9 Å². The summed E-state index contributed by atoms with van der Waals surface area (Å²) in [6.07, 6.45) is 3.08. The van der Waals surface area contributed by atoms with E-state index in [-0.39, 0.29) is 16.0 Å². The largest absolute Gasteiger partial charge is 0.465 e. The van der Waals surface area contributed by atoms with Gasteiger partial charge in [-0.15, -0.1) is 4.40 Å². The molecule has 0 N–H and O–H groups in total. The van der Waals surface area contributed by atoms with E-state index in [1.54, 1.807) is 37.3 Å². The Kier molecular flexibility index (Phi) is 4.82. The first-order valence-electron chi connectivity index (χ1n) is 7.57. The summed E-state index contributed by atoms with van der Waals surface area (Å²) in [5.41, 5.74) is 0.955. The zero-order chi connectivity index (χ0) is 18.0. The number of likely N-dealkylation sites (N-methyl/N-ethyl adjacent to an activating group) is 1. The Balaban J connectivity index is 1.96. The van der Waals surface area contributed by atoms with Crippen molar-refractivity contribution in [3.63, 3.8) is 0 Å². The van der Waals surface area contributed by atoms with E-state index in [9.17, 15) is 13.2 Å². The second kappa shape index (κ2) is 6.89. The molecule has 1 aromatic carbocycles. The van der Waals surface area contributed by atoms with Crippen LogP contribution in [0.3, 0.4) is 0 Å². The first-order valence-corrected chi connectivity index (χ1v) is 9.83. The molecular formula is C17H16N2O4S2. The molecule has 0 aliphatic carbocycles. The van der Waals surface area contributed by atoms with Gasteiger partial charge in [0.2, 0.25) is 0 Å². The summed E-state index contributed by atoms with van der Waals surface area (Å²) in [5.74, 6) is 0.233. The highest BCUT2D eigenvalue weighted by molar-refractivity contribution is 8.19. The summed E-state index contributed by atoms with van der Waals surface area (Å²) in [6, 6.07) is 9.86. The molecule has 0 spiro atoms. The molecule has 130 valence electrons. The number of amides is 1. The molecule has 1 amide bonds. The Morgan fingerprint density at radius 1 is 1.24 bits per heavy atom. The van der Waals surface area contributed by atoms with Crippen LogP contribution in [0.2, 0.25) is 0 Å². The number of furan rings is 1. The molecular weight excluding hydrogens is 360 g/mol. The molecule has 0 radical (unpaired) electrons. The maximum absolute atomic E-state index is 12.5. The Bertz CT molecular complexity index is 943. The van der Waals surface area contributed by atoms with Crippen LogP contribution < -0.4 is 0 Å². The van der Waals surface area contributed by atoms with Gasteiger partial charge in [0.25, 0.3) is 15.9 Å². The first kappa shape index (κ1) is 17.5. The molecule has 0 unspecified atom stereocenters. The highest BCUT2D eigenvalue weighted by Gasteiger charge is 2.34. The molecule has 1 aliphatic heterocycles. The van der Waals surface area contributed by atoms with Crippen LogP contribution in [-0.2, 0) is 14.8 Å². The van der Waals surface area contributed by atoms with Gasteiger partial charge in [0, 0.05) is 12.6 Å². The van der Waals surface area contributed by atoms with Gasteiger partial charge >= 0.3 is 0 Å². The van der Waals surface area contributed by atoms with Crippen LogP contribution in [-0.4, -0.2) is 30.9 Å². The van der Waals surface area contributed by atoms with Crippen LogP contribution >= 0.6 is 11.8 Å². The van der Waals surface area contributed by atoms with Gasteiger partial charge in [-0.25, -0.2) is 0 Å². The standard InChI is InChI=1S/C17H16N2O4S2/c1-3-19-16(20)15(11-13-5-4-10-23-13)24-17(19)18-25(21,22)14-8-6-12(2)7-9-14/h4-11H,3H2,1-2H3/b15-11-,18-17-. The normalized spacial score (nSPS) is 18.5. The second-order valence-corrected chi connectivity index (χ2v) is 7.95. The predicted molar refractivity (Wildman–Crippen MR) is 97.5 cm³/mol. The van der Waals surface area contributed by atoms with Gasteiger partial charge in [-0.1, -0.05) is 17.7 Å². The average Bonchev–Trinajstić information content (AvgIpc) is 3.17. The van der Waals surface area contributed by atoms with Gasteiger partial charge < -0.3 is 4.42 Å². The molecule has 1 fully saturated rings. The summed E-state index contributed by atoms with van der Waals surface area (Å²) in [6.45, 7) is 3.96. The summed E-state index contributed by atoms with van der Waals surface area (Å²) in [4.78, 5) is 14.3. The van der Waals surface area contributed by atoms with E-state index < -0.39 is 10.0 Å². The fourth-order valence-corrected chi connectivity index (χ4v) is 4.45. The van der Waals surface area contributed by atoms with Crippen LogP contribution in [0.4, 0.5) is 0 Å². The van der Waals surface area contributed by atoms with E-state index in [2.05, 4.69) is 4.40 Å². The molecule has 2 heterocycles. The van der Waals surface area contributed by atoms with Crippen LogP contribution in [0.1, 0.15) is 18.2 Å². The van der Waals surface area contributed by atoms with Crippen LogP contribution in [0, 0.1) is 6.92 Å². The zero-order valence-electron chi connectivity index (χ0n) is 13.7. The number of thioether (sulfide) groups is 1. The van der Waals surface area contributed by atoms with Crippen molar-refractivity contribution in [1.29, 1.82) is 0 Å². The summed E-state index contributed by atoms with van der Waals surface area (Å²) >= 11 is 1.02. The number of aryl methyl sites for hydroxylation is 1. The van der Waals surface area contributed by atoms with Crippen LogP contribution in [0.15, 0.2) is 61.3 Å². The fourth-order valence-electron chi connectivity index (χ4n) is 2.22. The average molecular weight is 376 g/mol. The van der Waals surface area contributed by atoms with Gasteiger partial charge in [0.05, 0.1) is 16.1 Å². The van der Waals surface area contributed by atoms with E-state index in [1.165, 1.54) is 23.3 Å². The lowest BCUT2D eigenvalue weighted by Gasteiger charge is -2.11. The summed E-state index contributed by atoms with van der Waals surface area (Å²) < 4.78 is 34.1. The predicted octanol–water partition coefficient (Wildman–Crippen LogP) is 3.27. The molecule has 1 aliphatic rings. The Morgan fingerprint density at radius 2 is 1.96 bits per heavy atom. The minimum absolute atomic E-state index is 0.0955. The number of hydrogen-bond donors (Lipinski definition) is 0. The lowest BCUT2D eigenvalue weighted by molar-refractivity contribution is -0.122. The SMILES string of the molecule is CCN1C(=O)/C(=C/c2ccco2)S/C1=N\S(=O)(=O)c1ccc(C)cc1. The number of carbonyl (C=O) groups is 1. The molecule has 1 saturated heterocycles. The van der Waals surface area contributed by atoms with Crippen molar-refractivity contribution in [3.8, 4) is 0 Å². The van der Waals surface area contributed by atoms with Gasteiger partial charge in [-0.05, 0) is 49.9 Å². The van der Waals surface area contributed by atoms with E-state index >= 15 is 0 Å². The number of carbonyl (C=O) groups excluding carboxylic acids is 1. The van der Waals surface area contributed by atoms with Gasteiger partial charge in [-0.2, -0.15) is 8.42 Å². The van der Waals surface area contributed by atoms with Gasteiger partial charge in [-0.3, -0.25) is 9.69 Å². The minimum atomic E-state index is -3.89. The third-order valence-electron chi connectivity index (χ3n) is 3.54. The lowest BCUT2D eigenvalue weighted by Crippen LogP contribution is -2.29. The smallest absolute Gasteiger partial charge is 0.284 e. The van der Waals surface area contributed by atoms with Crippen molar-refractivity contribution in [2.75, 3.05) is 6.54 Å². The minimum Gasteiger partial charge on any atom is -0.465 e. The monoisotopic (exact) mass is 376 g/mol. The van der Waals surface area contributed by atoms with E-state index in [4.69, 9.17) is 4.42 Å². The molecule has 6 nitrogen and oxygen atoms in total. The Labute approximate surface area is 150 Å². The number of sulfonamides is 1. The van der Waals surface area contributed by atoms with Crippen molar-refractivity contribution in [3.05, 3.63) is 58.9 Å². The quantitative estimate of drug-likeness (QED) is 0.765. The van der Waals surface area contributed by atoms with E-state index in [1.807, 2.05) is 6.92 Å². The van der Waals surface area contributed by atoms with Crippen molar-refractivity contribution in [2.24, 2.45) is 4.40 Å². The van der Waals surface area contributed by atoms with E-state index in [0.717, 1.165) is 17.3 Å². The number of nitrogens with zero attached hydrogens (tertiary/aromatic N) is 2. The number of rotatable bonds is 4. The topological polar surface area (TPSA) is 80.0 Å². The highest BCUT2D eigenvalue weighted by Crippen LogP contribution is 2.33. The highest BCUT2D eigenvalue weighted by atomic mass is 32.2. The van der Waals surface area contributed by atoms with Crippen molar-refractivity contribution in [1.82, 2.24) is 4.90 Å². The van der Waals surface area contributed by atoms with Gasteiger partial charge in [0.15, 0.2) is 5.17 Å². The molecule has 0 atom stereocenters. The maximum Gasteiger partial charge on any atom is 0.284 e. The number of hydrogen-bond acceptors (Lipinski definition) is 5. The molecule has 1 aromatic heterocycles. The molecule has 3 rings (SSSR count). The Morgan fingerprint density at radius 3 is 2.56 bits per heavy atom. The summed E-state index contributed by atoms with van der Waals surface area (Å²) in [7, 11) is -3.89.